The third kappa shape index (κ3) is 5.24. The molecule has 1 saturated carbocycles. The molecule has 2 aromatic rings. The minimum absolute atomic E-state index is 0.105. The van der Waals surface area contributed by atoms with Crippen molar-refractivity contribution in [2.24, 2.45) is 0 Å². The van der Waals surface area contributed by atoms with Crippen LogP contribution in [0.3, 0.4) is 0 Å². The molecular weight excluding hydrogens is 444 g/mol. The molecule has 1 unspecified atom stereocenters. The molecule has 0 spiro atoms. The average molecular weight is 466 g/mol. The Balaban J connectivity index is 1.53. The van der Waals surface area contributed by atoms with Gasteiger partial charge >= 0.3 is 6.18 Å². The summed E-state index contributed by atoms with van der Waals surface area (Å²) in [6, 6.07) is 7.66. The van der Waals surface area contributed by atoms with Gasteiger partial charge in [-0.1, -0.05) is 12.1 Å². The van der Waals surface area contributed by atoms with Crippen molar-refractivity contribution < 1.29 is 27.3 Å². The van der Waals surface area contributed by atoms with Gasteiger partial charge in [-0.2, -0.15) is 13.2 Å². The smallest absolute Gasteiger partial charge is 0.363 e. The Hall–Kier alpha value is -3.21. The van der Waals surface area contributed by atoms with E-state index in [4.69, 9.17) is 0 Å². The van der Waals surface area contributed by atoms with Crippen molar-refractivity contribution in [3.8, 4) is 0 Å². The maximum absolute atomic E-state index is 13.4. The average Bonchev–Trinajstić information content (AvgIpc) is 3.58. The number of rotatable bonds is 6. The number of benzene rings is 2. The first kappa shape index (κ1) is 23.0. The van der Waals surface area contributed by atoms with Crippen molar-refractivity contribution in [2.45, 2.75) is 31.1 Å². The summed E-state index contributed by atoms with van der Waals surface area (Å²) in [4.78, 5) is 27.1. The second kappa shape index (κ2) is 8.97. The number of carbonyl (C=O) groups is 1. The number of amides is 1. The van der Waals surface area contributed by atoms with Crippen molar-refractivity contribution in [3.05, 3.63) is 69.5 Å². The summed E-state index contributed by atoms with van der Waals surface area (Å²) in [5.41, 5.74) is -0.957. The molecule has 2 fully saturated rings. The lowest BCUT2D eigenvalue weighted by atomic mass is 10.0. The topological polar surface area (TPSA) is 78.7 Å². The molecule has 1 heterocycles. The van der Waals surface area contributed by atoms with Gasteiger partial charge in [0.25, 0.3) is 5.69 Å². The highest BCUT2D eigenvalue weighted by atomic mass is 19.4. The molecule has 7 nitrogen and oxygen atoms in total. The predicted octanol–water partition coefficient (Wildman–Crippen LogP) is 3.89. The zero-order valence-electron chi connectivity index (χ0n) is 17.5. The van der Waals surface area contributed by atoms with Crippen LogP contribution in [0.25, 0.3) is 0 Å². The van der Waals surface area contributed by atoms with Crippen LogP contribution in [-0.4, -0.2) is 48.0 Å². The van der Waals surface area contributed by atoms with Crippen LogP contribution in [0.15, 0.2) is 42.5 Å². The fourth-order valence-corrected chi connectivity index (χ4v) is 4.02. The third-order valence-corrected chi connectivity index (χ3v) is 5.88. The van der Waals surface area contributed by atoms with E-state index in [1.54, 1.807) is 17.0 Å². The number of hydrogen-bond acceptors (Lipinski definition) is 5. The lowest BCUT2D eigenvalue weighted by Gasteiger charge is -2.39. The summed E-state index contributed by atoms with van der Waals surface area (Å²) >= 11 is 0. The van der Waals surface area contributed by atoms with Crippen molar-refractivity contribution in [3.63, 3.8) is 0 Å². The van der Waals surface area contributed by atoms with Gasteiger partial charge in [-0.05, 0) is 42.7 Å². The Morgan fingerprint density at radius 1 is 1.06 bits per heavy atom. The number of anilines is 1. The van der Waals surface area contributed by atoms with Crippen LogP contribution in [0.1, 0.15) is 30.0 Å². The first-order chi connectivity index (χ1) is 15.6. The van der Waals surface area contributed by atoms with E-state index in [2.05, 4.69) is 5.32 Å². The number of nitro benzene ring substituents is 1. The van der Waals surface area contributed by atoms with Crippen molar-refractivity contribution in [2.75, 3.05) is 31.1 Å². The molecule has 2 aromatic carbocycles. The Labute approximate surface area is 187 Å². The van der Waals surface area contributed by atoms with Gasteiger partial charge in [0.05, 0.1) is 10.5 Å². The van der Waals surface area contributed by atoms with Crippen LogP contribution in [0.4, 0.5) is 28.9 Å². The number of piperazine rings is 1. The molecule has 11 heteroatoms. The Morgan fingerprint density at radius 3 is 2.24 bits per heavy atom. The van der Waals surface area contributed by atoms with Gasteiger partial charge in [-0.25, -0.2) is 4.39 Å². The van der Waals surface area contributed by atoms with E-state index in [-0.39, 0.29) is 30.7 Å². The van der Waals surface area contributed by atoms with E-state index in [0.717, 1.165) is 25.0 Å². The molecule has 1 amide bonds. The molecule has 1 saturated heterocycles. The molecule has 0 radical (unpaired) electrons. The molecule has 1 atom stereocenters. The van der Waals surface area contributed by atoms with Gasteiger partial charge in [0.1, 0.15) is 17.5 Å². The summed E-state index contributed by atoms with van der Waals surface area (Å²) < 4.78 is 52.4. The number of nitrogens with one attached hydrogen (secondary N) is 1. The van der Waals surface area contributed by atoms with Crippen molar-refractivity contribution in [1.82, 2.24) is 10.2 Å². The van der Waals surface area contributed by atoms with Crippen molar-refractivity contribution >= 4 is 17.3 Å². The number of hydrogen-bond donors (Lipinski definition) is 1. The van der Waals surface area contributed by atoms with Gasteiger partial charge in [-0.3, -0.25) is 19.8 Å². The lowest BCUT2D eigenvalue weighted by Crippen LogP contribution is -2.51. The highest BCUT2D eigenvalue weighted by molar-refractivity contribution is 5.83. The zero-order chi connectivity index (χ0) is 23.8. The van der Waals surface area contributed by atoms with Crippen LogP contribution in [0.2, 0.25) is 0 Å². The van der Waals surface area contributed by atoms with Gasteiger partial charge < -0.3 is 10.2 Å². The van der Waals surface area contributed by atoms with Gasteiger partial charge in [-0.15, -0.1) is 0 Å². The van der Waals surface area contributed by atoms with Gasteiger partial charge in [0, 0.05) is 38.3 Å². The molecule has 33 heavy (non-hydrogen) atoms. The van der Waals surface area contributed by atoms with Crippen LogP contribution < -0.4 is 10.2 Å². The zero-order valence-corrected chi connectivity index (χ0v) is 17.5. The Bertz CT molecular complexity index is 1030. The van der Waals surface area contributed by atoms with E-state index >= 15 is 0 Å². The standard InChI is InChI=1S/C22H22F4N4O3/c23-16-4-1-14(2-5-16)20(21(31)27-17-6-7-17)29-11-9-28(10-12-29)18-8-3-15(22(24,25)26)13-19(18)30(32)33/h1-5,8,13,17,20H,6-7,9-12H2,(H,27,31). The molecule has 1 aliphatic heterocycles. The number of carbonyl (C=O) groups excluding carboxylic acids is 1. The first-order valence-corrected chi connectivity index (χ1v) is 10.5. The Kier molecular flexibility index (Phi) is 6.24. The van der Waals surface area contributed by atoms with Crippen LogP contribution in [-0.2, 0) is 11.0 Å². The molecular formula is C22H22F4N4O3. The number of halogens is 4. The maximum atomic E-state index is 13.4. The van der Waals surface area contributed by atoms with Gasteiger partial charge in [0.2, 0.25) is 5.91 Å². The molecule has 0 bridgehead atoms. The molecule has 4 rings (SSSR count). The van der Waals surface area contributed by atoms with Crippen LogP contribution in [0, 0.1) is 15.9 Å². The quantitative estimate of drug-likeness (QED) is 0.397. The number of alkyl halides is 3. The largest absolute Gasteiger partial charge is 0.416 e. The first-order valence-electron chi connectivity index (χ1n) is 10.5. The second-order valence-corrected chi connectivity index (χ2v) is 8.22. The highest BCUT2D eigenvalue weighted by Gasteiger charge is 2.36. The SMILES string of the molecule is O=C(NC1CC1)C(c1ccc(F)cc1)N1CCN(c2ccc(C(F)(F)F)cc2[N+](=O)[O-])CC1. The summed E-state index contributed by atoms with van der Waals surface area (Å²) in [5, 5.41) is 14.4. The molecule has 1 aliphatic carbocycles. The third-order valence-electron chi connectivity index (χ3n) is 5.88. The fourth-order valence-electron chi connectivity index (χ4n) is 4.02. The fraction of sp³-hybridized carbons (Fsp3) is 0.409. The predicted molar refractivity (Wildman–Crippen MR) is 112 cm³/mol. The molecule has 176 valence electrons. The summed E-state index contributed by atoms with van der Waals surface area (Å²) in [6.07, 6.45) is -2.86. The van der Waals surface area contributed by atoms with E-state index in [1.807, 2.05) is 4.90 Å². The Morgan fingerprint density at radius 2 is 1.70 bits per heavy atom. The number of nitrogens with zero attached hydrogens (tertiary/aromatic N) is 3. The maximum Gasteiger partial charge on any atom is 0.416 e. The van der Waals surface area contributed by atoms with Crippen LogP contribution >= 0.6 is 0 Å². The normalized spacial score (nSPS) is 18.1. The monoisotopic (exact) mass is 466 g/mol. The molecule has 0 aromatic heterocycles. The molecule has 2 aliphatic rings. The lowest BCUT2D eigenvalue weighted by molar-refractivity contribution is -0.384. The van der Waals surface area contributed by atoms with Crippen molar-refractivity contribution in [1.29, 1.82) is 0 Å². The summed E-state index contributed by atoms with van der Waals surface area (Å²) in [7, 11) is 0. The highest BCUT2D eigenvalue weighted by Crippen LogP contribution is 2.37. The van der Waals surface area contributed by atoms with E-state index in [9.17, 15) is 32.5 Å². The summed E-state index contributed by atoms with van der Waals surface area (Å²) in [6.45, 7) is 1.25. The van der Waals surface area contributed by atoms with E-state index < -0.39 is 34.2 Å². The van der Waals surface area contributed by atoms with E-state index in [0.29, 0.717) is 24.7 Å². The summed E-state index contributed by atoms with van der Waals surface area (Å²) in [5.74, 6) is -0.613. The minimum atomic E-state index is -4.68. The van der Waals surface area contributed by atoms with Crippen LogP contribution in [0.5, 0.6) is 0 Å². The number of nitro groups is 1. The van der Waals surface area contributed by atoms with E-state index in [1.165, 1.54) is 12.1 Å². The molecule has 1 N–H and O–H groups in total. The minimum Gasteiger partial charge on any atom is -0.363 e. The van der Waals surface area contributed by atoms with Gasteiger partial charge in [0.15, 0.2) is 0 Å². The second-order valence-electron chi connectivity index (χ2n) is 8.22.